The molecule has 0 bridgehead atoms. The molecule has 2 aromatic carbocycles. The van der Waals surface area contributed by atoms with E-state index in [-0.39, 0.29) is 18.2 Å². The van der Waals surface area contributed by atoms with E-state index in [2.05, 4.69) is 20.8 Å². The minimum atomic E-state index is -0.664. The summed E-state index contributed by atoms with van der Waals surface area (Å²) in [5, 5.41) is 12.4. The van der Waals surface area contributed by atoms with Crippen molar-refractivity contribution in [3.63, 3.8) is 0 Å². The summed E-state index contributed by atoms with van der Waals surface area (Å²) in [4.78, 5) is 24.3. The maximum Gasteiger partial charge on any atom is 0.247 e. The second kappa shape index (κ2) is 8.11. The lowest BCUT2D eigenvalue weighted by Crippen LogP contribution is -2.42. The van der Waals surface area contributed by atoms with Crippen molar-refractivity contribution in [2.24, 2.45) is 0 Å². The Morgan fingerprint density at radius 2 is 1.69 bits per heavy atom. The second-order valence-corrected chi connectivity index (χ2v) is 5.97. The number of aromatic nitrogens is 2. The number of benzene rings is 2. The quantitative estimate of drug-likeness (QED) is 0.640. The summed E-state index contributed by atoms with van der Waals surface area (Å²) in [5.74, 6) is -0.110. The van der Waals surface area contributed by atoms with E-state index in [1.54, 1.807) is 13.0 Å². The molecule has 6 heteroatoms. The van der Waals surface area contributed by atoms with Crippen LogP contribution in [0, 0.1) is 0 Å². The van der Waals surface area contributed by atoms with Gasteiger partial charge in [0, 0.05) is 6.07 Å². The van der Waals surface area contributed by atoms with Gasteiger partial charge >= 0.3 is 0 Å². The van der Waals surface area contributed by atoms with Crippen LogP contribution in [-0.4, -0.2) is 28.1 Å². The van der Waals surface area contributed by atoms with E-state index >= 15 is 0 Å². The molecule has 0 fully saturated rings. The molecule has 0 spiro atoms. The zero-order valence-electron chi connectivity index (χ0n) is 14.4. The standard InChI is InChI=1S/C20H20N4O2/c1-14(21-19(25)12-15-8-4-2-5-9-15)20(26)22-18-13-17(23-24-18)16-10-6-3-7-11-16/h2-11,13-14H,12H2,1H3,(H,21,25)(H2,22,23,24,26). The number of hydrogen-bond acceptors (Lipinski definition) is 3. The van der Waals surface area contributed by atoms with Gasteiger partial charge in [-0.25, -0.2) is 0 Å². The summed E-state index contributed by atoms with van der Waals surface area (Å²) in [7, 11) is 0. The third kappa shape index (κ3) is 4.57. The third-order valence-corrected chi connectivity index (χ3v) is 3.89. The van der Waals surface area contributed by atoms with Gasteiger partial charge in [-0.3, -0.25) is 14.7 Å². The first-order chi connectivity index (χ1) is 12.6. The van der Waals surface area contributed by atoms with Crippen LogP contribution >= 0.6 is 0 Å². The van der Waals surface area contributed by atoms with E-state index in [1.807, 2.05) is 60.7 Å². The molecule has 26 heavy (non-hydrogen) atoms. The maximum absolute atomic E-state index is 12.3. The van der Waals surface area contributed by atoms with E-state index < -0.39 is 6.04 Å². The molecule has 3 N–H and O–H groups in total. The minimum absolute atomic E-state index is 0.203. The van der Waals surface area contributed by atoms with Crippen molar-refractivity contribution in [1.82, 2.24) is 15.5 Å². The number of aromatic amines is 1. The molecule has 0 saturated carbocycles. The fourth-order valence-corrected chi connectivity index (χ4v) is 2.53. The van der Waals surface area contributed by atoms with E-state index in [9.17, 15) is 9.59 Å². The van der Waals surface area contributed by atoms with E-state index in [0.717, 1.165) is 16.8 Å². The molecule has 3 rings (SSSR count). The fraction of sp³-hybridized carbons (Fsp3) is 0.150. The topological polar surface area (TPSA) is 86.9 Å². The monoisotopic (exact) mass is 348 g/mol. The van der Waals surface area contributed by atoms with Crippen molar-refractivity contribution in [1.29, 1.82) is 0 Å². The highest BCUT2D eigenvalue weighted by Crippen LogP contribution is 2.19. The number of anilines is 1. The summed E-state index contributed by atoms with van der Waals surface area (Å²) >= 11 is 0. The predicted molar refractivity (Wildman–Crippen MR) is 100 cm³/mol. The molecule has 1 atom stereocenters. The number of rotatable bonds is 6. The van der Waals surface area contributed by atoms with Crippen LogP contribution in [0.1, 0.15) is 12.5 Å². The fourth-order valence-electron chi connectivity index (χ4n) is 2.53. The maximum atomic E-state index is 12.3. The highest BCUT2D eigenvalue weighted by Gasteiger charge is 2.17. The Morgan fingerprint density at radius 1 is 1.04 bits per heavy atom. The number of carbonyl (C=O) groups is 2. The number of hydrogen-bond donors (Lipinski definition) is 3. The lowest BCUT2D eigenvalue weighted by molar-refractivity contribution is -0.125. The SMILES string of the molecule is CC(NC(=O)Cc1ccccc1)C(=O)Nc1cc(-c2ccccc2)[nH]n1. The zero-order valence-corrected chi connectivity index (χ0v) is 14.4. The molecule has 2 amide bonds. The second-order valence-electron chi connectivity index (χ2n) is 5.97. The van der Waals surface area contributed by atoms with Crippen LogP contribution in [0.3, 0.4) is 0 Å². The Morgan fingerprint density at radius 3 is 2.38 bits per heavy atom. The van der Waals surface area contributed by atoms with Gasteiger partial charge in [0.2, 0.25) is 11.8 Å². The first kappa shape index (κ1) is 17.4. The minimum Gasteiger partial charge on any atom is -0.344 e. The largest absolute Gasteiger partial charge is 0.344 e. The molecular formula is C20H20N4O2. The summed E-state index contributed by atoms with van der Waals surface area (Å²) in [6.07, 6.45) is 0.235. The van der Waals surface area contributed by atoms with Crippen molar-refractivity contribution in [2.45, 2.75) is 19.4 Å². The van der Waals surface area contributed by atoms with Crippen molar-refractivity contribution >= 4 is 17.6 Å². The van der Waals surface area contributed by atoms with Gasteiger partial charge in [0.05, 0.1) is 12.1 Å². The van der Waals surface area contributed by atoms with Gasteiger partial charge in [0.15, 0.2) is 5.82 Å². The van der Waals surface area contributed by atoms with Gasteiger partial charge in [-0.2, -0.15) is 5.10 Å². The average molecular weight is 348 g/mol. The van der Waals surface area contributed by atoms with Crippen LogP contribution in [0.5, 0.6) is 0 Å². The molecule has 1 unspecified atom stereocenters. The number of nitrogens with one attached hydrogen (secondary N) is 3. The van der Waals surface area contributed by atoms with Gasteiger partial charge < -0.3 is 10.6 Å². The zero-order chi connectivity index (χ0) is 18.4. The Labute approximate surface area is 151 Å². The first-order valence-electron chi connectivity index (χ1n) is 8.37. The summed E-state index contributed by atoms with van der Waals surface area (Å²) in [6, 6.07) is 20.2. The van der Waals surface area contributed by atoms with Crippen molar-refractivity contribution < 1.29 is 9.59 Å². The lowest BCUT2D eigenvalue weighted by atomic mass is 10.1. The van der Waals surface area contributed by atoms with Crippen LogP contribution in [0.25, 0.3) is 11.3 Å². The van der Waals surface area contributed by atoms with Crippen molar-refractivity contribution in [2.75, 3.05) is 5.32 Å². The molecule has 0 aliphatic rings. The van der Waals surface area contributed by atoms with Gasteiger partial charge in [-0.15, -0.1) is 0 Å². The van der Waals surface area contributed by atoms with Crippen LogP contribution in [0.15, 0.2) is 66.7 Å². The first-order valence-corrected chi connectivity index (χ1v) is 8.37. The highest BCUT2D eigenvalue weighted by molar-refractivity contribution is 5.96. The van der Waals surface area contributed by atoms with E-state index in [1.165, 1.54) is 0 Å². The number of carbonyl (C=O) groups excluding carboxylic acids is 2. The van der Waals surface area contributed by atoms with Gasteiger partial charge in [-0.05, 0) is 18.1 Å². The third-order valence-electron chi connectivity index (χ3n) is 3.89. The number of amides is 2. The Hall–Kier alpha value is -3.41. The highest BCUT2D eigenvalue weighted by atomic mass is 16.2. The number of nitrogens with zero attached hydrogens (tertiary/aromatic N) is 1. The predicted octanol–water partition coefficient (Wildman–Crippen LogP) is 2.76. The van der Waals surface area contributed by atoms with E-state index in [0.29, 0.717) is 5.82 Å². The molecule has 0 radical (unpaired) electrons. The molecule has 0 saturated heterocycles. The molecule has 132 valence electrons. The molecule has 1 aromatic heterocycles. The van der Waals surface area contributed by atoms with Crippen molar-refractivity contribution in [3.05, 3.63) is 72.3 Å². The molecular weight excluding hydrogens is 328 g/mol. The van der Waals surface area contributed by atoms with E-state index in [4.69, 9.17) is 0 Å². The molecule has 3 aromatic rings. The smallest absolute Gasteiger partial charge is 0.247 e. The Kier molecular flexibility index (Phi) is 5.43. The summed E-state index contributed by atoms with van der Waals surface area (Å²) in [5.41, 5.74) is 2.68. The van der Waals surface area contributed by atoms with Crippen molar-refractivity contribution in [3.8, 4) is 11.3 Å². The van der Waals surface area contributed by atoms with Crippen LogP contribution in [0.4, 0.5) is 5.82 Å². The van der Waals surface area contributed by atoms with Crippen LogP contribution < -0.4 is 10.6 Å². The summed E-state index contributed by atoms with van der Waals surface area (Å²) in [6.45, 7) is 1.64. The van der Waals surface area contributed by atoms with Gasteiger partial charge in [0.1, 0.15) is 6.04 Å². The van der Waals surface area contributed by atoms with Crippen LogP contribution in [-0.2, 0) is 16.0 Å². The Balaban J connectivity index is 1.54. The average Bonchev–Trinajstić information content (AvgIpc) is 3.11. The van der Waals surface area contributed by atoms with Gasteiger partial charge in [-0.1, -0.05) is 60.7 Å². The molecule has 0 aliphatic heterocycles. The Bertz CT molecular complexity index is 875. The lowest BCUT2D eigenvalue weighted by Gasteiger charge is -2.13. The summed E-state index contributed by atoms with van der Waals surface area (Å²) < 4.78 is 0. The normalized spacial score (nSPS) is 11.6. The molecule has 0 aliphatic carbocycles. The molecule has 1 heterocycles. The van der Waals surface area contributed by atoms with Crippen LogP contribution in [0.2, 0.25) is 0 Å². The molecule has 6 nitrogen and oxygen atoms in total. The van der Waals surface area contributed by atoms with Gasteiger partial charge in [0.25, 0.3) is 0 Å². The number of H-pyrrole nitrogens is 1.